The molecule has 0 aromatic rings. The van der Waals surface area contributed by atoms with Gasteiger partial charge in [0.15, 0.2) is 9.84 Å². The van der Waals surface area contributed by atoms with Crippen LogP contribution < -0.4 is 5.32 Å². The Morgan fingerprint density at radius 1 is 1.35 bits per heavy atom. The zero-order valence-corrected chi connectivity index (χ0v) is 11.3. The number of sulfone groups is 1. The molecule has 0 aromatic heterocycles. The first-order valence-corrected chi connectivity index (χ1v) is 8.48. The van der Waals surface area contributed by atoms with Crippen LogP contribution in [0.4, 0.5) is 0 Å². The quantitative estimate of drug-likeness (QED) is 0.742. The molecule has 0 amide bonds. The van der Waals surface area contributed by atoms with Crippen molar-refractivity contribution in [2.75, 3.05) is 24.7 Å². The van der Waals surface area contributed by atoms with Crippen LogP contribution in [-0.4, -0.2) is 45.2 Å². The second-order valence-corrected chi connectivity index (χ2v) is 7.37. The molecule has 1 heterocycles. The summed E-state index contributed by atoms with van der Waals surface area (Å²) in [5.74, 6) is 1.07. The molecule has 2 rings (SSSR count). The van der Waals surface area contributed by atoms with Crippen LogP contribution in [0.25, 0.3) is 0 Å². The SMILES string of the molecule is CCNC(CS(=O)(=O)CC1CCCO1)C1CC1. The molecular formula is C12H23NO3S. The van der Waals surface area contributed by atoms with Crippen LogP contribution in [0.3, 0.4) is 0 Å². The molecule has 4 nitrogen and oxygen atoms in total. The molecule has 1 aliphatic carbocycles. The Hall–Kier alpha value is -0.130. The van der Waals surface area contributed by atoms with Crippen molar-refractivity contribution < 1.29 is 13.2 Å². The molecule has 100 valence electrons. The third-order valence-electron chi connectivity index (χ3n) is 3.55. The standard InChI is InChI=1S/C12H23NO3S/c1-2-13-12(10-5-6-10)9-17(14,15)8-11-4-3-7-16-11/h10-13H,2-9H2,1H3. The molecule has 1 aliphatic heterocycles. The summed E-state index contributed by atoms with van der Waals surface area (Å²) in [5, 5.41) is 3.31. The van der Waals surface area contributed by atoms with E-state index < -0.39 is 9.84 Å². The molecule has 0 aromatic carbocycles. The highest BCUT2D eigenvalue weighted by Crippen LogP contribution is 2.33. The molecule has 1 saturated carbocycles. The monoisotopic (exact) mass is 261 g/mol. The lowest BCUT2D eigenvalue weighted by Crippen LogP contribution is -2.39. The van der Waals surface area contributed by atoms with E-state index in [9.17, 15) is 8.42 Å². The average Bonchev–Trinajstić information content (AvgIpc) is 2.98. The van der Waals surface area contributed by atoms with E-state index in [1.807, 2.05) is 6.92 Å². The first-order valence-electron chi connectivity index (χ1n) is 6.66. The van der Waals surface area contributed by atoms with Gasteiger partial charge in [0.2, 0.25) is 0 Å². The normalized spacial score (nSPS) is 27.2. The maximum Gasteiger partial charge on any atom is 0.154 e. The largest absolute Gasteiger partial charge is 0.377 e. The second kappa shape index (κ2) is 5.67. The molecular weight excluding hydrogens is 238 g/mol. The number of hydrogen-bond donors (Lipinski definition) is 1. The first kappa shape index (κ1) is 13.3. The Bertz CT molecular complexity index is 332. The maximum atomic E-state index is 12.1. The topological polar surface area (TPSA) is 55.4 Å². The summed E-state index contributed by atoms with van der Waals surface area (Å²) in [6.45, 7) is 3.60. The van der Waals surface area contributed by atoms with E-state index in [1.54, 1.807) is 0 Å². The summed E-state index contributed by atoms with van der Waals surface area (Å²) in [4.78, 5) is 0. The zero-order valence-electron chi connectivity index (χ0n) is 10.5. The lowest BCUT2D eigenvalue weighted by molar-refractivity contribution is 0.127. The van der Waals surface area contributed by atoms with Gasteiger partial charge in [0.05, 0.1) is 17.6 Å². The summed E-state index contributed by atoms with van der Waals surface area (Å²) in [6, 6.07) is 0.159. The summed E-state index contributed by atoms with van der Waals surface area (Å²) in [5.41, 5.74) is 0. The summed E-state index contributed by atoms with van der Waals surface area (Å²) in [7, 11) is -2.98. The van der Waals surface area contributed by atoms with E-state index in [0.29, 0.717) is 5.92 Å². The highest BCUT2D eigenvalue weighted by molar-refractivity contribution is 7.91. The Kier molecular flexibility index (Phi) is 4.44. The minimum absolute atomic E-state index is 0.0542. The minimum atomic E-state index is -2.98. The van der Waals surface area contributed by atoms with Crippen molar-refractivity contribution in [1.82, 2.24) is 5.32 Å². The van der Waals surface area contributed by atoms with Crippen LogP contribution in [-0.2, 0) is 14.6 Å². The molecule has 17 heavy (non-hydrogen) atoms. The Morgan fingerprint density at radius 2 is 2.12 bits per heavy atom. The van der Waals surface area contributed by atoms with E-state index in [-0.39, 0.29) is 23.7 Å². The summed E-state index contributed by atoms with van der Waals surface area (Å²) < 4.78 is 29.6. The van der Waals surface area contributed by atoms with E-state index in [4.69, 9.17) is 4.74 Å². The van der Waals surface area contributed by atoms with Gasteiger partial charge in [0, 0.05) is 12.6 Å². The predicted molar refractivity (Wildman–Crippen MR) is 67.8 cm³/mol. The lowest BCUT2D eigenvalue weighted by atomic mass is 10.2. The van der Waals surface area contributed by atoms with Crippen LogP contribution in [0.15, 0.2) is 0 Å². The van der Waals surface area contributed by atoms with Gasteiger partial charge in [0.25, 0.3) is 0 Å². The van der Waals surface area contributed by atoms with Crippen LogP contribution in [0.1, 0.15) is 32.6 Å². The molecule has 1 saturated heterocycles. The molecule has 2 atom stereocenters. The molecule has 2 unspecified atom stereocenters. The average molecular weight is 261 g/mol. The fraction of sp³-hybridized carbons (Fsp3) is 1.00. The van der Waals surface area contributed by atoms with E-state index in [1.165, 1.54) is 12.8 Å². The van der Waals surface area contributed by atoms with Gasteiger partial charge >= 0.3 is 0 Å². The molecule has 0 spiro atoms. The van der Waals surface area contributed by atoms with Crippen molar-refractivity contribution in [3.8, 4) is 0 Å². The second-order valence-electron chi connectivity index (χ2n) is 5.21. The minimum Gasteiger partial charge on any atom is -0.377 e. The fourth-order valence-electron chi connectivity index (χ4n) is 2.52. The third-order valence-corrected chi connectivity index (χ3v) is 5.30. The molecule has 1 N–H and O–H groups in total. The van der Waals surface area contributed by atoms with Gasteiger partial charge in [-0.1, -0.05) is 6.92 Å². The maximum absolute atomic E-state index is 12.1. The molecule has 0 radical (unpaired) electrons. The number of nitrogens with one attached hydrogen (secondary N) is 1. The zero-order chi connectivity index (χ0) is 12.3. The smallest absolute Gasteiger partial charge is 0.154 e. The van der Waals surface area contributed by atoms with Crippen LogP contribution >= 0.6 is 0 Å². The Balaban J connectivity index is 1.85. The van der Waals surface area contributed by atoms with Crippen molar-refractivity contribution in [1.29, 1.82) is 0 Å². The van der Waals surface area contributed by atoms with Gasteiger partial charge in [-0.2, -0.15) is 0 Å². The molecule has 5 heteroatoms. The van der Waals surface area contributed by atoms with Gasteiger partial charge in [-0.25, -0.2) is 8.42 Å². The Labute approximate surface area is 104 Å². The van der Waals surface area contributed by atoms with E-state index >= 15 is 0 Å². The van der Waals surface area contributed by atoms with Crippen molar-refractivity contribution in [2.45, 2.75) is 44.8 Å². The highest BCUT2D eigenvalue weighted by atomic mass is 32.2. The number of hydrogen-bond acceptors (Lipinski definition) is 4. The van der Waals surface area contributed by atoms with Crippen LogP contribution in [0.2, 0.25) is 0 Å². The van der Waals surface area contributed by atoms with Crippen LogP contribution in [0.5, 0.6) is 0 Å². The van der Waals surface area contributed by atoms with Gasteiger partial charge < -0.3 is 10.1 Å². The van der Waals surface area contributed by atoms with Gasteiger partial charge in [-0.05, 0) is 38.1 Å². The van der Waals surface area contributed by atoms with Gasteiger partial charge in [-0.15, -0.1) is 0 Å². The predicted octanol–water partition coefficient (Wildman–Crippen LogP) is 0.968. The Morgan fingerprint density at radius 3 is 2.65 bits per heavy atom. The van der Waals surface area contributed by atoms with Crippen LogP contribution in [0, 0.1) is 5.92 Å². The fourth-order valence-corrected chi connectivity index (χ4v) is 4.43. The third kappa shape index (κ3) is 4.23. The van der Waals surface area contributed by atoms with Gasteiger partial charge in [0.1, 0.15) is 0 Å². The first-order chi connectivity index (χ1) is 8.11. The summed E-state index contributed by atoms with van der Waals surface area (Å²) >= 11 is 0. The van der Waals surface area contributed by atoms with Crippen molar-refractivity contribution in [3.05, 3.63) is 0 Å². The van der Waals surface area contributed by atoms with E-state index in [0.717, 1.165) is 26.0 Å². The van der Waals surface area contributed by atoms with Gasteiger partial charge in [-0.3, -0.25) is 0 Å². The molecule has 2 fully saturated rings. The van der Waals surface area contributed by atoms with Crippen molar-refractivity contribution >= 4 is 9.84 Å². The molecule has 2 aliphatic rings. The van der Waals surface area contributed by atoms with Crippen molar-refractivity contribution in [3.63, 3.8) is 0 Å². The molecule has 0 bridgehead atoms. The lowest BCUT2D eigenvalue weighted by Gasteiger charge is -2.18. The van der Waals surface area contributed by atoms with Crippen molar-refractivity contribution in [2.24, 2.45) is 5.92 Å². The van der Waals surface area contributed by atoms with E-state index in [2.05, 4.69) is 5.32 Å². The number of ether oxygens (including phenoxy) is 1. The number of rotatable bonds is 7. The summed E-state index contributed by atoms with van der Waals surface area (Å²) in [6.07, 6.45) is 4.19. The highest BCUT2D eigenvalue weighted by Gasteiger charge is 2.34.